The maximum atomic E-state index is 12.5. The van der Waals surface area contributed by atoms with Crippen LogP contribution in [0.25, 0.3) is 0 Å². The Kier molecular flexibility index (Phi) is 5.56. The molecular formula is C21H20N2O4. The average molecular weight is 364 g/mol. The van der Waals surface area contributed by atoms with Crippen LogP contribution >= 0.6 is 0 Å². The Morgan fingerprint density at radius 3 is 2.59 bits per heavy atom. The Morgan fingerprint density at radius 2 is 1.85 bits per heavy atom. The maximum absolute atomic E-state index is 12.5. The number of hydrogen-bond donors (Lipinski definition) is 2. The van der Waals surface area contributed by atoms with Crippen molar-refractivity contribution < 1.29 is 18.7 Å². The summed E-state index contributed by atoms with van der Waals surface area (Å²) in [4.78, 5) is 24.7. The lowest BCUT2D eigenvalue weighted by molar-refractivity contribution is 0.0948. The first-order valence-electron chi connectivity index (χ1n) is 8.44. The van der Waals surface area contributed by atoms with Gasteiger partial charge < -0.3 is 19.8 Å². The third-order valence-corrected chi connectivity index (χ3v) is 4.12. The largest absolute Gasteiger partial charge is 0.496 e. The van der Waals surface area contributed by atoms with Crippen LogP contribution in [0.2, 0.25) is 0 Å². The van der Waals surface area contributed by atoms with Crippen LogP contribution in [0, 0.1) is 6.92 Å². The number of hydrogen-bond acceptors (Lipinski definition) is 4. The molecule has 3 aromatic rings. The Balaban J connectivity index is 1.71. The highest BCUT2D eigenvalue weighted by Gasteiger charge is 2.13. The van der Waals surface area contributed by atoms with E-state index in [0.29, 0.717) is 23.5 Å². The number of rotatable bonds is 6. The van der Waals surface area contributed by atoms with Crippen molar-refractivity contribution in [3.63, 3.8) is 0 Å². The molecule has 6 heteroatoms. The van der Waals surface area contributed by atoms with Gasteiger partial charge in [0.2, 0.25) is 0 Å². The summed E-state index contributed by atoms with van der Waals surface area (Å²) in [6.45, 7) is 2.19. The molecule has 3 rings (SSSR count). The van der Waals surface area contributed by atoms with E-state index in [2.05, 4.69) is 10.6 Å². The highest BCUT2D eigenvalue weighted by Crippen LogP contribution is 2.20. The minimum atomic E-state index is -0.366. The van der Waals surface area contributed by atoms with E-state index in [0.717, 1.165) is 11.1 Å². The van der Waals surface area contributed by atoms with Crippen molar-refractivity contribution in [3.8, 4) is 5.75 Å². The maximum Gasteiger partial charge on any atom is 0.291 e. The molecular weight excluding hydrogens is 344 g/mol. The second-order valence-corrected chi connectivity index (χ2v) is 5.96. The summed E-state index contributed by atoms with van der Waals surface area (Å²) in [5.41, 5.74) is 2.73. The average Bonchev–Trinajstić information content (AvgIpc) is 3.23. The van der Waals surface area contributed by atoms with Crippen molar-refractivity contribution in [1.29, 1.82) is 0 Å². The second kappa shape index (κ2) is 8.23. The van der Waals surface area contributed by atoms with Crippen molar-refractivity contribution in [2.24, 2.45) is 0 Å². The van der Waals surface area contributed by atoms with Gasteiger partial charge in [0.05, 0.1) is 13.4 Å². The van der Waals surface area contributed by atoms with Gasteiger partial charge in [-0.3, -0.25) is 9.59 Å². The second-order valence-electron chi connectivity index (χ2n) is 5.96. The molecule has 1 aromatic heterocycles. The molecule has 0 unspecified atom stereocenters. The number of carbonyl (C=O) groups excluding carboxylic acids is 2. The Morgan fingerprint density at radius 1 is 1.04 bits per heavy atom. The lowest BCUT2D eigenvalue weighted by Gasteiger charge is -2.12. The number of benzene rings is 2. The molecule has 2 aromatic carbocycles. The number of anilines is 1. The Bertz CT molecular complexity index is 949. The molecule has 0 atom stereocenters. The van der Waals surface area contributed by atoms with Gasteiger partial charge in [0, 0.05) is 23.4 Å². The smallest absolute Gasteiger partial charge is 0.291 e. The quantitative estimate of drug-likeness (QED) is 0.697. The summed E-state index contributed by atoms with van der Waals surface area (Å²) < 4.78 is 10.4. The van der Waals surface area contributed by atoms with E-state index in [1.807, 2.05) is 31.2 Å². The lowest BCUT2D eigenvalue weighted by atomic mass is 10.1. The molecule has 0 fully saturated rings. The van der Waals surface area contributed by atoms with Crippen LogP contribution in [0.1, 0.15) is 32.0 Å². The number of amides is 2. The van der Waals surface area contributed by atoms with E-state index in [-0.39, 0.29) is 17.6 Å². The molecule has 138 valence electrons. The van der Waals surface area contributed by atoms with E-state index in [1.54, 1.807) is 37.4 Å². The summed E-state index contributed by atoms with van der Waals surface area (Å²) in [5.74, 6) is 0.317. The molecule has 27 heavy (non-hydrogen) atoms. The number of ether oxygens (including phenoxy) is 1. The standard InChI is InChI=1S/C21H20N2O4/c1-14-9-10-15(12-17(14)23-21(25)19-8-5-11-27-19)20(24)22-13-16-6-3-4-7-18(16)26-2/h3-12H,13H2,1-2H3,(H,22,24)(H,23,25). The number of aryl methyl sites for hydroxylation is 1. The molecule has 0 aliphatic heterocycles. The highest BCUT2D eigenvalue weighted by atomic mass is 16.5. The van der Waals surface area contributed by atoms with E-state index < -0.39 is 0 Å². The lowest BCUT2D eigenvalue weighted by Crippen LogP contribution is -2.23. The van der Waals surface area contributed by atoms with Crippen LogP contribution < -0.4 is 15.4 Å². The van der Waals surface area contributed by atoms with Crippen LogP contribution in [0.15, 0.2) is 65.3 Å². The number of furan rings is 1. The molecule has 0 aliphatic carbocycles. The van der Waals surface area contributed by atoms with Crippen molar-refractivity contribution in [1.82, 2.24) is 5.32 Å². The summed E-state index contributed by atoms with van der Waals surface area (Å²) in [6, 6.07) is 15.9. The van der Waals surface area contributed by atoms with E-state index in [1.165, 1.54) is 6.26 Å². The molecule has 0 saturated heterocycles. The molecule has 0 aliphatic rings. The van der Waals surface area contributed by atoms with Gasteiger partial charge in [-0.2, -0.15) is 0 Å². The molecule has 0 spiro atoms. The summed E-state index contributed by atoms with van der Waals surface area (Å²) in [7, 11) is 1.59. The number of nitrogens with one attached hydrogen (secondary N) is 2. The fourth-order valence-corrected chi connectivity index (χ4v) is 2.62. The van der Waals surface area contributed by atoms with Crippen molar-refractivity contribution >= 4 is 17.5 Å². The van der Waals surface area contributed by atoms with Gasteiger partial charge in [-0.15, -0.1) is 0 Å². The van der Waals surface area contributed by atoms with Crippen molar-refractivity contribution in [3.05, 3.63) is 83.3 Å². The minimum Gasteiger partial charge on any atom is -0.496 e. The van der Waals surface area contributed by atoms with Crippen molar-refractivity contribution in [2.45, 2.75) is 13.5 Å². The number of para-hydroxylation sites is 1. The van der Waals surface area contributed by atoms with Gasteiger partial charge in [0.1, 0.15) is 5.75 Å². The molecule has 0 saturated carbocycles. The van der Waals surface area contributed by atoms with Crippen LogP contribution in [0.3, 0.4) is 0 Å². The van der Waals surface area contributed by atoms with Gasteiger partial charge in [0.25, 0.3) is 11.8 Å². The topological polar surface area (TPSA) is 80.6 Å². The fourth-order valence-electron chi connectivity index (χ4n) is 2.62. The van der Waals surface area contributed by atoms with Gasteiger partial charge in [-0.05, 0) is 42.8 Å². The minimum absolute atomic E-state index is 0.209. The van der Waals surface area contributed by atoms with Gasteiger partial charge in [0.15, 0.2) is 5.76 Å². The molecule has 2 amide bonds. The predicted molar refractivity (Wildman–Crippen MR) is 102 cm³/mol. The van der Waals surface area contributed by atoms with Crippen molar-refractivity contribution in [2.75, 3.05) is 12.4 Å². The summed E-state index contributed by atoms with van der Waals surface area (Å²) in [5, 5.41) is 5.63. The predicted octanol–water partition coefficient (Wildman–Crippen LogP) is 3.78. The Labute approximate surface area is 157 Å². The fraction of sp³-hybridized carbons (Fsp3) is 0.143. The molecule has 2 N–H and O–H groups in total. The molecule has 0 radical (unpaired) electrons. The van der Waals surface area contributed by atoms with Crippen LogP contribution in [0.5, 0.6) is 5.75 Å². The van der Waals surface area contributed by atoms with E-state index in [4.69, 9.17) is 9.15 Å². The van der Waals surface area contributed by atoms with Gasteiger partial charge >= 0.3 is 0 Å². The zero-order valence-electron chi connectivity index (χ0n) is 15.1. The Hall–Kier alpha value is -3.54. The summed E-state index contributed by atoms with van der Waals surface area (Å²) in [6.07, 6.45) is 1.43. The highest BCUT2D eigenvalue weighted by molar-refractivity contribution is 6.03. The molecule has 1 heterocycles. The van der Waals surface area contributed by atoms with Gasteiger partial charge in [-0.25, -0.2) is 0 Å². The van der Waals surface area contributed by atoms with Crippen LogP contribution in [0.4, 0.5) is 5.69 Å². The zero-order valence-corrected chi connectivity index (χ0v) is 15.1. The van der Waals surface area contributed by atoms with E-state index >= 15 is 0 Å². The van der Waals surface area contributed by atoms with Crippen LogP contribution in [-0.4, -0.2) is 18.9 Å². The monoisotopic (exact) mass is 364 g/mol. The first-order valence-corrected chi connectivity index (χ1v) is 8.44. The summed E-state index contributed by atoms with van der Waals surface area (Å²) >= 11 is 0. The first-order chi connectivity index (χ1) is 13.1. The number of carbonyl (C=O) groups is 2. The van der Waals surface area contributed by atoms with E-state index in [9.17, 15) is 9.59 Å². The normalized spacial score (nSPS) is 10.3. The first kappa shape index (κ1) is 18.3. The third-order valence-electron chi connectivity index (χ3n) is 4.12. The third kappa shape index (κ3) is 4.36. The molecule has 6 nitrogen and oxygen atoms in total. The zero-order chi connectivity index (χ0) is 19.2. The number of methoxy groups -OCH3 is 1. The molecule has 0 bridgehead atoms. The SMILES string of the molecule is COc1ccccc1CNC(=O)c1ccc(C)c(NC(=O)c2ccco2)c1. The van der Waals surface area contributed by atoms with Gasteiger partial charge in [-0.1, -0.05) is 24.3 Å². The van der Waals surface area contributed by atoms with Crippen LogP contribution in [-0.2, 0) is 6.54 Å².